The lowest BCUT2D eigenvalue weighted by molar-refractivity contribution is -0.134. The van der Waals surface area contributed by atoms with E-state index in [1.807, 2.05) is 0 Å². The lowest BCUT2D eigenvalue weighted by Crippen LogP contribution is -2.13. The van der Waals surface area contributed by atoms with Gasteiger partial charge in [-0.3, -0.25) is 14.4 Å². The zero-order chi connectivity index (χ0) is 17.7. The normalized spacial score (nSPS) is 9.96. The summed E-state index contributed by atoms with van der Waals surface area (Å²) >= 11 is 0. The monoisotopic (exact) mass is 328 g/mol. The van der Waals surface area contributed by atoms with E-state index in [9.17, 15) is 14.4 Å². The minimum absolute atomic E-state index is 0.0912. The number of hydrogen-bond acceptors (Lipinski definition) is 6. The van der Waals surface area contributed by atoms with Gasteiger partial charge in [0.2, 0.25) is 5.75 Å². The van der Waals surface area contributed by atoms with Crippen molar-refractivity contribution < 1.29 is 28.6 Å². The lowest BCUT2D eigenvalue weighted by Gasteiger charge is -2.15. The van der Waals surface area contributed by atoms with Gasteiger partial charge in [0.1, 0.15) is 0 Å². The van der Waals surface area contributed by atoms with Gasteiger partial charge in [0, 0.05) is 19.4 Å². The molecule has 0 aromatic heterocycles. The van der Waals surface area contributed by atoms with Crippen LogP contribution in [-0.4, -0.2) is 24.8 Å². The highest BCUT2D eigenvalue weighted by Gasteiger charge is 2.25. The zero-order valence-electron chi connectivity index (χ0n) is 13.5. The molecule has 6 heteroatoms. The number of esters is 2. The van der Waals surface area contributed by atoms with E-state index in [0.717, 1.165) is 0 Å². The number of ether oxygens (including phenoxy) is 3. The molecule has 24 heavy (non-hydrogen) atoms. The highest BCUT2D eigenvalue weighted by atomic mass is 16.6. The van der Waals surface area contributed by atoms with E-state index < -0.39 is 11.9 Å². The molecule has 0 N–H and O–H groups in total. The molecule has 0 aliphatic carbocycles. The molecule has 0 heterocycles. The van der Waals surface area contributed by atoms with Crippen molar-refractivity contribution >= 4 is 17.7 Å². The highest BCUT2D eigenvalue weighted by molar-refractivity contribution is 6.11. The smallest absolute Gasteiger partial charge is 0.308 e. The number of hydrogen-bond donors (Lipinski definition) is 0. The van der Waals surface area contributed by atoms with Gasteiger partial charge in [-0.25, -0.2) is 0 Å². The molecule has 124 valence electrons. The lowest BCUT2D eigenvalue weighted by atomic mass is 10.0. The Balaban J connectivity index is 2.64. The Morgan fingerprint density at radius 2 is 1.38 bits per heavy atom. The number of carbonyl (C=O) groups is 3. The van der Waals surface area contributed by atoms with E-state index in [2.05, 4.69) is 0 Å². The summed E-state index contributed by atoms with van der Waals surface area (Å²) in [6, 6.07) is 11.4. The summed E-state index contributed by atoms with van der Waals surface area (Å²) in [5, 5.41) is 0. The fraction of sp³-hybridized carbons (Fsp3) is 0.167. The number of benzene rings is 2. The van der Waals surface area contributed by atoms with Gasteiger partial charge >= 0.3 is 11.9 Å². The molecule has 2 aromatic rings. The van der Waals surface area contributed by atoms with Crippen molar-refractivity contribution in [2.45, 2.75) is 13.8 Å². The Labute approximate surface area is 139 Å². The summed E-state index contributed by atoms with van der Waals surface area (Å²) < 4.78 is 15.4. The van der Waals surface area contributed by atoms with E-state index >= 15 is 0 Å². The van der Waals surface area contributed by atoms with E-state index in [4.69, 9.17) is 14.2 Å². The number of ketones is 1. The average molecular weight is 328 g/mol. The van der Waals surface area contributed by atoms with Crippen molar-refractivity contribution in [1.29, 1.82) is 0 Å². The van der Waals surface area contributed by atoms with Crippen molar-refractivity contribution in [3.05, 3.63) is 53.6 Å². The molecular weight excluding hydrogens is 312 g/mol. The first-order valence-corrected chi connectivity index (χ1v) is 7.11. The Hall–Kier alpha value is -3.15. The summed E-state index contributed by atoms with van der Waals surface area (Å²) in [6.07, 6.45) is 0. The molecule has 0 saturated carbocycles. The molecule has 0 bridgehead atoms. The molecule has 2 aromatic carbocycles. The zero-order valence-corrected chi connectivity index (χ0v) is 13.5. The summed E-state index contributed by atoms with van der Waals surface area (Å²) in [7, 11) is 1.37. The maximum Gasteiger partial charge on any atom is 0.308 e. The van der Waals surface area contributed by atoms with Crippen molar-refractivity contribution in [1.82, 2.24) is 0 Å². The summed E-state index contributed by atoms with van der Waals surface area (Å²) in [5.41, 5.74) is 0.498. The van der Waals surface area contributed by atoms with Gasteiger partial charge < -0.3 is 14.2 Å². The van der Waals surface area contributed by atoms with Crippen LogP contribution < -0.4 is 14.2 Å². The maximum atomic E-state index is 12.7. The van der Waals surface area contributed by atoms with Gasteiger partial charge in [-0.15, -0.1) is 0 Å². The second kappa shape index (κ2) is 7.41. The average Bonchev–Trinajstić information content (AvgIpc) is 2.55. The van der Waals surface area contributed by atoms with Crippen LogP contribution in [0.1, 0.15) is 29.8 Å². The quantitative estimate of drug-likeness (QED) is 0.477. The van der Waals surface area contributed by atoms with Crippen LogP contribution in [0.3, 0.4) is 0 Å². The molecule has 0 fully saturated rings. The van der Waals surface area contributed by atoms with Crippen LogP contribution in [0, 0.1) is 0 Å². The van der Waals surface area contributed by atoms with Crippen LogP contribution >= 0.6 is 0 Å². The molecule has 0 aliphatic rings. The highest BCUT2D eigenvalue weighted by Crippen LogP contribution is 2.41. The third-order valence-corrected chi connectivity index (χ3v) is 3.07. The Morgan fingerprint density at radius 1 is 0.792 bits per heavy atom. The van der Waals surface area contributed by atoms with Crippen LogP contribution in [0.5, 0.6) is 17.2 Å². The molecule has 0 amide bonds. The Bertz CT molecular complexity index is 780. The van der Waals surface area contributed by atoms with Crippen LogP contribution in [-0.2, 0) is 9.59 Å². The van der Waals surface area contributed by atoms with Gasteiger partial charge in [-0.1, -0.05) is 30.3 Å². The van der Waals surface area contributed by atoms with Gasteiger partial charge in [-0.2, -0.15) is 0 Å². The Kier molecular flexibility index (Phi) is 5.31. The first-order valence-electron chi connectivity index (χ1n) is 7.11. The minimum atomic E-state index is -0.654. The fourth-order valence-electron chi connectivity index (χ4n) is 2.11. The molecular formula is C18H16O6. The summed E-state index contributed by atoms with van der Waals surface area (Å²) in [4.78, 5) is 35.5. The van der Waals surface area contributed by atoms with E-state index in [0.29, 0.717) is 5.56 Å². The number of carbonyl (C=O) groups excluding carboxylic acids is 3. The van der Waals surface area contributed by atoms with Crippen LogP contribution in [0.25, 0.3) is 0 Å². The molecule has 2 rings (SSSR count). The molecule has 0 spiro atoms. The SMILES string of the molecule is COc1ccc(C(=O)c2ccccc2)c(OC(C)=O)c1OC(C)=O. The number of methoxy groups -OCH3 is 1. The second-order valence-electron chi connectivity index (χ2n) is 4.86. The van der Waals surface area contributed by atoms with E-state index in [-0.39, 0.29) is 28.6 Å². The third-order valence-electron chi connectivity index (χ3n) is 3.07. The van der Waals surface area contributed by atoms with Gasteiger partial charge in [0.15, 0.2) is 17.3 Å². The van der Waals surface area contributed by atoms with E-state index in [1.54, 1.807) is 30.3 Å². The third kappa shape index (κ3) is 3.78. The molecule has 0 saturated heterocycles. The topological polar surface area (TPSA) is 78.9 Å². The van der Waals surface area contributed by atoms with Crippen LogP contribution in [0.15, 0.2) is 42.5 Å². The van der Waals surface area contributed by atoms with Crippen LogP contribution in [0.4, 0.5) is 0 Å². The maximum absolute atomic E-state index is 12.7. The fourth-order valence-corrected chi connectivity index (χ4v) is 2.11. The first kappa shape index (κ1) is 17.2. The van der Waals surface area contributed by atoms with Crippen molar-refractivity contribution in [3.8, 4) is 17.2 Å². The first-order chi connectivity index (χ1) is 11.4. The van der Waals surface area contributed by atoms with E-state index in [1.165, 1.54) is 33.1 Å². The van der Waals surface area contributed by atoms with Crippen molar-refractivity contribution in [2.24, 2.45) is 0 Å². The standard InChI is InChI=1S/C18H16O6/c1-11(19)23-17-14(16(21)13-7-5-4-6-8-13)9-10-15(22-3)18(17)24-12(2)20/h4-10H,1-3H3. The molecule has 0 radical (unpaired) electrons. The molecule has 0 atom stereocenters. The largest absolute Gasteiger partial charge is 0.493 e. The van der Waals surface area contributed by atoms with Crippen LogP contribution in [0.2, 0.25) is 0 Å². The molecule has 0 unspecified atom stereocenters. The van der Waals surface area contributed by atoms with Crippen molar-refractivity contribution in [3.63, 3.8) is 0 Å². The molecule has 0 aliphatic heterocycles. The van der Waals surface area contributed by atoms with Crippen molar-refractivity contribution in [2.75, 3.05) is 7.11 Å². The predicted octanol–water partition coefficient (Wildman–Crippen LogP) is 2.78. The van der Waals surface area contributed by atoms with Gasteiger partial charge in [0.25, 0.3) is 0 Å². The predicted molar refractivity (Wildman–Crippen MR) is 85.5 cm³/mol. The molecule has 6 nitrogen and oxygen atoms in total. The van der Waals surface area contributed by atoms with Gasteiger partial charge in [0.05, 0.1) is 12.7 Å². The number of rotatable bonds is 5. The summed E-state index contributed by atoms with van der Waals surface area (Å²) in [6.45, 7) is 2.39. The van der Waals surface area contributed by atoms with Gasteiger partial charge in [-0.05, 0) is 12.1 Å². The summed E-state index contributed by atoms with van der Waals surface area (Å²) in [5.74, 6) is -1.74. The Morgan fingerprint density at radius 3 is 1.92 bits per heavy atom. The second-order valence-corrected chi connectivity index (χ2v) is 4.86. The minimum Gasteiger partial charge on any atom is -0.493 e.